The number of thiophene rings is 1. The molecule has 0 fully saturated rings. The number of aromatic nitrogens is 2. The molecule has 4 aromatic rings. The fraction of sp³-hybridized carbons (Fsp3) is 0.240. The molecule has 0 saturated carbocycles. The van der Waals surface area contributed by atoms with Crippen molar-refractivity contribution in [3.63, 3.8) is 0 Å². The van der Waals surface area contributed by atoms with Crippen molar-refractivity contribution in [2.75, 3.05) is 11.8 Å². The molecule has 4 rings (SSSR count). The van der Waals surface area contributed by atoms with Crippen LogP contribution in [-0.2, 0) is 32.7 Å². The molecule has 0 radical (unpaired) electrons. The van der Waals surface area contributed by atoms with Gasteiger partial charge < -0.3 is 15.2 Å². The lowest BCUT2D eigenvalue weighted by atomic mass is 10.1. The fourth-order valence-electron chi connectivity index (χ4n) is 3.88. The summed E-state index contributed by atoms with van der Waals surface area (Å²) in [6.07, 6.45) is 0.372. The van der Waals surface area contributed by atoms with E-state index in [1.165, 1.54) is 19.2 Å². The topological polar surface area (TPSA) is 140 Å². The first-order chi connectivity index (χ1) is 18.2. The van der Waals surface area contributed by atoms with Crippen molar-refractivity contribution in [3.05, 3.63) is 70.1 Å². The van der Waals surface area contributed by atoms with Gasteiger partial charge in [-0.2, -0.15) is 5.10 Å². The number of carbonyl (C=O) groups excluding carboxylic acids is 1. The Balaban J connectivity index is 1.56. The number of fused-ring (bicyclic) bond motifs is 1. The van der Waals surface area contributed by atoms with Crippen molar-refractivity contribution in [1.29, 1.82) is 0 Å². The number of hydrogen-bond acceptors (Lipinski definition) is 7. The Morgan fingerprint density at radius 3 is 2.58 bits per heavy atom. The molecule has 200 valence electrons. The maximum atomic E-state index is 13.0. The quantitative estimate of drug-likeness (QED) is 0.226. The highest BCUT2D eigenvalue weighted by Gasteiger charge is 2.23. The van der Waals surface area contributed by atoms with Crippen molar-refractivity contribution in [3.8, 4) is 5.75 Å². The van der Waals surface area contributed by atoms with Crippen LogP contribution in [0.3, 0.4) is 0 Å². The van der Waals surface area contributed by atoms with Crippen molar-refractivity contribution < 1.29 is 27.9 Å². The molecule has 0 aliphatic carbocycles. The van der Waals surface area contributed by atoms with Crippen molar-refractivity contribution in [2.45, 2.75) is 36.6 Å². The minimum absolute atomic E-state index is 0.0509. The van der Waals surface area contributed by atoms with Crippen LogP contribution in [0.1, 0.15) is 30.4 Å². The Morgan fingerprint density at radius 1 is 1.11 bits per heavy atom. The number of nitrogens with zero attached hydrogens (tertiary/aromatic N) is 2. The first-order valence-electron chi connectivity index (χ1n) is 11.5. The van der Waals surface area contributed by atoms with Crippen LogP contribution in [0.5, 0.6) is 5.75 Å². The molecular formula is C25H25ClN4O6S2. The predicted octanol–water partition coefficient (Wildman–Crippen LogP) is 4.48. The van der Waals surface area contributed by atoms with E-state index >= 15 is 0 Å². The molecule has 2 aromatic carbocycles. The van der Waals surface area contributed by atoms with Crippen LogP contribution in [-0.4, -0.2) is 42.3 Å². The van der Waals surface area contributed by atoms with E-state index < -0.39 is 16.0 Å². The summed E-state index contributed by atoms with van der Waals surface area (Å²) in [6, 6.07) is 15.9. The van der Waals surface area contributed by atoms with Crippen LogP contribution in [0.25, 0.3) is 10.9 Å². The van der Waals surface area contributed by atoms with E-state index in [1.807, 2.05) is 30.3 Å². The minimum atomic E-state index is -3.92. The number of rotatable bonds is 12. The third-order valence-electron chi connectivity index (χ3n) is 5.61. The number of aliphatic carboxylic acids is 1. The summed E-state index contributed by atoms with van der Waals surface area (Å²) in [6.45, 7) is 0.623. The van der Waals surface area contributed by atoms with Gasteiger partial charge in [-0.05, 0) is 41.8 Å². The van der Waals surface area contributed by atoms with Gasteiger partial charge in [-0.25, -0.2) is 8.42 Å². The van der Waals surface area contributed by atoms with Gasteiger partial charge in [0.15, 0.2) is 5.82 Å². The summed E-state index contributed by atoms with van der Waals surface area (Å²) in [5.41, 5.74) is 2.41. The van der Waals surface area contributed by atoms with Gasteiger partial charge in [0, 0.05) is 19.4 Å². The van der Waals surface area contributed by atoms with E-state index in [1.54, 1.807) is 16.8 Å². The standard InChI is InChI=1S/C25H25ClN4O6S2/c1-36-19-8-3-7-18-24(19)25(29-38(34,35)23-12-11-20(26)37-23)28-30(18)15-17-6-2-5-16(13-17)14-27-21(31)9-4-10-22(32)33/h2-3,5-8,11-13H,4,9-10,14-15H2,1H3,(H,27,31)(H,28,29)(H,32,33). The van der Waals surface area contributed by atoms with Gasteiger partial charge in [-0.3, -0.25) is 19.0 Å². The highest BCUT2D eigenvalue weighted by Crippen LogP contribution is 2.35. The second-order valence-electron chi connectivity index (χ2n) is 8.37. The molecule has 13 heteroatoms. The Bertz CT molecular complexity index is 1580. The van der Waals surface area contributed by atoms with Gasteiger partial charge in [0.05, 0.1) is 28.9 Å². The fourth-order valence-corrected chi connectivity index (χ4v) is 6.37. The molecule has 0 unspecified atom stereocenters. The number of methoxy groups -OCH3 is 1. The second kappa shape index (κ2) is 11.8. The Hall–Kier alpha value is -3.61. The van der Waals surface area contributed by atoms with Gasteiger partial charge in [-0.15, -0.1) is 11.3 Å². The minimum Gasteiger partial charge on any atom is -0.496 e. The number of sulfonamides is 1. The average molecular weight is 577 g/mol. The number of ether oxygens (including phenoxy) is 1. The molecule has 1 amide bonds. The summed E-state index contributed by atoms with van der Waals surface area (Å²) >= 11 is 6.88. The van der Waals surface area contributed by atoms with Gasteiger partial charge >= 0.3 is 5.97 Å². The smallest absolute Gasteiger partial charge is 0.303 e. The van der Waals surface area contributed by atoms with E-state index in [0.717, 1.165) is 22.5 Å². The Labute approximate surface area is 228 Å². The normalized spacial score (nSPS) is 11.4. The van der Waals surface area contributed by atoms with Crippen molar-refractivity contribution >= 4 is 61.6 Å². The van der Waals surface area contributed by atoms with E-state index in [4.69, 9.17) is 21.4 Å². The van der Waals surface area contributed by atoms with Crippen LogP contribution in [0.2, 0.25) is 4.34 Å². The van der Waals surface area contributed by atoms with Gasteiger partial charge in [0.1, 0.15) is 9.96 Å². The van der Waals surface area contributed by atoms with E-state index in [2.05, 4.69) is 15.1 Å². The number of benzene rings is 2. The molecule has 2 heterocycles. The number of hydrogen-bond donors (Lipinski definition) is 3. The molecule has 0 aliphatic rings. The first kappa shape index (κ1) is 27.4. The molecule has 2 aromatic heterocycles. The van der Waals surface area contributed by atoms with Crippen LogP contribution >= 0.6 is 22.9 Å². The molecule has 0 atom stereocenters. The highest BCUT2D eigenvalue weighted by molar-refractivity contribution is 7.94. The summed E-state index contributed by atoms with van der Waals surface area (Å²) < 4.78 is 36.1. The van der Waals surface area contributed by atoms with Gasteiger partial charge in [0.2, 0.25) is 5.91 Å². The average Bonchev–Trinajstić information content (AvgIpc) is 3.47. The lowest BCUT2D eigenvalue weighted by Crippen LogP contribution is -2.22. The van der Waals surface area contributed by atoms with Crippen LogP contribution < -0.4 is 14.8 Å². The number of anilines is 1. The summed E-state index contributed by atoms with van der Waals surface area (Å²) in [5.74, 6) is -0.548. The van der Waals surface area contributed by atoms with Crippen LogP contribution in [0.4, 0.5) is 5.82 Å². The highest BCUT2D eigenvalue weighted by atomic mass is 35.5. The maximum Gasteiger partial charge on any atom is 0.303 e. The summed E-state index contributed by atoms with van der Waals surface area (Å²) in [5, 5.41) is 16.6. The molecule has 0 bridgehead atoms. The Kier molecular flexibility index (Phi) is 8.55. The van der Waals surface area contributed by atoms with E-state index in [9.17, 15) is 18.0 Å². The maximum absolute atomic E-state index is 13.0. The van der Waals surface area contributed by atoms with Crippen molar-refractivity contribution in [2.24, 2.45) is 0 Å². The van der Waals surface area contributed by atoms with E-state index in [0.29, 0.717) is 34.1 Å². The number of carboxylic acids is 1. The first-order valence-corrected chi connectivity index (χ1v) is 14.2. The second-order valence-corrected chi connectivity index (χ2v) is 12.0. The number of amides is 1. The number of carbonyl (C=O) groups is 2. The summed E-state index contributed by atoms with van der Waals surface area (Å²) in [7, 11) is -2.42. The lowest BCUT2D eigenvalue weighted by molar-refractivity contribution is -0.137. The zero-order chi connectivity index (χ0) is 27.3. The third-order valence-corrected chi connectivity index (χ3v) is 8.67. The SMILES string of the molecule is COc1cccc2c1c(NS(=O)(=O)c1ccc(Cl)s1)nn2Cc1cccc(CNC(=O)CCCC(=O)O)c1. The largest absolute Gasteiger partial charge is 0.496 e. The van der Waals surface area contributed by atoms with Crippen molar-refractivity contribution in [1.82, 2.24) is 15.1 Å². The molecule has 3 N–H and O–H groups in total. The van der Waals surface area contributed by atoms with E-state index in [-0.39, 0.29) is 35.2 Å². The molecule has 0 aliphatic heterocycles. The number of halogens is 1. The molecule has 38 heavy (non-hydrogen) atoms. The zero-order valence-electron chi connectivity index (χ0n) is 20.3. The monoisotopic (exact) mass is 576 g/mol. The van der Waals surface area contributed by atoms with Gasteiger partial charge in [0.25, 0.3) is 10.0 Å². The number of carboxylic acid groups (broad SMARTS) is 1. The zero-order valence-corrected chi connectivity index (χ0v) is 22.7. The Morgan fingerprint density at radius 2 is 1.87 bits per heavy atom. The molecule has 0 saturated heterocycles. The number of nitrogens with one attached hydrogen (secondary N) is 2. The predicted molar refractivity (Wildman–Crippen MR) is 145 cm³/mol. The van der Waals surface area contributed by atoms with Crippen LogP contribution in [0, 0.1) is 0 Å². The van der Waals surface area contributed by atoms with Gasteiger partial charge in [-0.1, -0.05) is 41.9 Å². The summed E-state index contributed by atoms with van der Waals surface area (Å²) in [4.78, 5) is 22.6. The third kappa shape index (κ3) is 6.63. The molecule has 0 spiro atoms. The lowest BCUT2D eigenvalue weighted by Gasteiger charge is -2.09. The molecule has 10 nitrogen and oxygen atoms in total. The molecular weight excluding hydrogens is 552 g/mol. The van der Waals surface area contributed by atoms with Crippen LogP contribution in [0.15, 0.2) is 58.8 Å².